The van der Waals surface area contributed by atoms with Gasteiger partial charge in [-0.1, -0.05) is 4.48 Å². The first-order valence-corrected chi connectivity index (χ1v) is 10.3. The van der Waals surface area contributed by atoms with E-state index in [0.29, 0.717) is 21.1 Å². The summed E-state index contributed by atoms with van der Waals surface area (Å²) in [5.74, 6) is -0.269. The molecule has 0 N–H and O–H groups in total. The fourth-order valence-corrected chi connectivity index (χ4v) is 4.85. The summed E-state index contributed by atoms with van der Waals surface area (Å²) in [6.45, 7) is 0.600. The van der Waals surface area contributed by atoms with E-state index in [1.165, 1.54) is 16.3 Å². The van der Waals surface area contributed by atoms with Gasteiger partial charge in [-0.3, -0.25) is 4.79 Å². The molecule has 1 aliphatic carbocycles. The highest BCUT2D eigenvalue weighted by Crippen LogP contribution is 2.35. The van der Waals surface area contributed by atoms with Gasteiger partial charge in [0.1, 0.15) is 11.1 Å². The molecule has 5 nitrogen and oxygen atoms in total. The number of nitrogens with zero attached hydrogens (tertiary/aromatic N) is 3. The molecule has 1 aromatic rings. The Hall–Kier alpha value is -1.06. The number of halogens is 2. The van der Waals surface area contributed by atoms with Crippen LogP contribution in [0.4, 0.5) is 9.48 Å². The molecule has 0 atom stereocenters. The first kappa shape index (κ1) is 18.7. The second-order valence-corrected chi connectivity index (χ2v) is 8.39. The fourth-order valence-electron chi connectivity index (χ4n) is 2.86. The van der Waals surface area contributed by atoms with Gasteiger partial charge in [0.15, 0.2) is 0 Å². The third-order valence-corrected chi connectivity index (χ3v) is 6.59. The molecule has 0 amide bonds. The van der Waals surface area contributed by atoms with Crippen molar-refractivity contribution < 1.29 is 14.0 Å². The molecule has 0 radical (unpaired) electrons. The van der Waals surface area contributed by atoms with Crippen molar-refractivity contribution in [3.8, 4) is 0 Å². The lowest BCUT2D eigenvalue weighted by atomic mass is 10.3. The molecule has 1 aliphatic heterocycles. The van der Waals surface area contributed by atoms with Gasteiger partial charge >= 0.3 is 5.97 Å². The predicted octanol–water partition coefficient (Wildman–Crippen LogP) is 4.60. The maximum atomic E-state index is 14.6. The maximum Gasteiger partial charge on any atom is 0.311 e. The Bertz CT molecular complexity index is 676. The van der Waals surface area contributed by atoms with Crippen LogP contribution >= 0.6 is 39.5 Å². The molecule has 2 aliphatic rings. The summed E-state index contributed by atoms with van der Waals surface area (Å²) in [7, 11) is 0. The first-order chi connectivity index (χ1) is 12.0. The average Bonchev–Trinajstić information content (AvgIpc) is 3.24. The molecule has 1 saturated carbocycles. The molecule has 136 valence electrons. The van der Waals surface area contributed by atoms with Crippen molar-refractivity contribution in [3.63, 3.8) is 0 Å². The van der Waals surface area contributed by atoms with Crippen LogP contribution < -0.4 is 5.12 Å². The summed E-state index contributed by atoms with van der Waals surface area (Å²) >= 11 is 9.76. The maximum absolute atomic E-state index is 14.6. The van der Waals surface area contributed by atoms with Crippen molar-refractivity contribution in [1.82, 2.24) is 5.01 Å². The molecule has 0 spiro atoms. The minimum absolute atomic E-state index is 0.00443. The second-order valence-electron chi connectivity index (χ2n) is 6.06. The van der Waals surface area contributed by atoms with Gasteiger partial charge in [0.2, 0.25) is 5.11 Å². The SMILES string of the molecule is O=C(Cc1sc(N(F)C(=S)N2CCCC=N2)cc1Br)OC1CCCC1. The van der Waals surface area contributed by atoms with Crippen molar-refractivity contribution in [2.75, 3.05) is 11.7 Å². The number of hydrogen-bond acceptors (Lipinski definition) is 5. The summed E-state index contributed by atoms with van der Waals surface area (Å²) in [5, 5.41) is 6.36. The number of carbonyl (C=O) groups excluding carboxylic acids is 1. The average molecular weight is 448 g/mol. The standard InChI is InChI=1S/C16H19BrFN3O2S2/c17-12-9-14(21(18)16(24)20-8-4-3-7-19-20)25-13(12)10-15(22)23-11-5-1-2-6-11/h7,9,11H,1-6,8,10H2. The van der Waals surface area contributed by atoms with Crippen LogP contribution in [-0.4, -0.2) is 35.0 Å². The second kappa shape index (κ2) is 8.55. The van der Waals surface area contributed by atoms with Gasteiger partial charge in [0.05, 0.1) is 6.42 Å². The number of hydrazone groups is 1. The summed E-state index contributed by atoms with van der Waals surface area (Å²) in [5.41, 5.74) is 0. The van der Waals surface area contributed by atoms with Gasteiger partial charge in [0, 0.05) is 22.1 Å². The van der Waals surface area contributed by atoms with Gasteiger partial charge in [-0.05, 0) is 72.7 Å². The van der Waals surface area contributed by atoms with Crippen LogP contribution in [0, 0.1) is 0 Å². The van der Waals surface area contributed by atoms with Gasteiger partial charge < -0.3 is 4.74 Å². The van der Waals surface area contributed by atoms with Crippen LogP contribution in [0.3, 0.4) is 0 Å². The third kappa shape index (κ3) is 4.77. The molecule has 9 heteroatoms. The molecule has 0 aromatic carbocycles. The van der Waals surface area contributed by atoms with Crippen LogP contribution in [0.1, 0.15) is 43.4 Å². The topological polar surface area (TPSA) is 45.1 Å². The Morgan fingerprint density at radius 1 is 1.48 bits per heavy atom. The van der Waals surface area contributed by atoms with E-state index in [2.05, 4.69) is 21.0 Å². The molecular weight excluding hydrogens is 429 g/mol. The quantitative estimate of drug-likeness (QED) is 0.383. The smallest absolute Gasteiger partial charge is 0.311 e. The summed E-state index contributed by atoms with van der Waals surface area (Å²) < 4.78 is 20.8. The Labute approximate surface area is 163 Å². The number of thiocarbonyl (C=S) groups is 1. The number of ether oxygens (including phenoxy) is 1. The molecule has 1 fully saturated rings. The Morgan fingerprint density at radius 2 is 2.24 bits per heavy atom. The number of carbonyl (C=O) groups is 1. The largest absolute Gasteiger partial charge is 0.462 e. The van der Waals surface area contributed by atoms with E-state index in [1.54, 1.807) is 12.3 Å². The number of hydrogen-bond donors (Lipinski definition) is 0. The molecule has 0 saturated heterocycles. The summed E-state index contributed by atoms with van der Waals surface area (Å²) in [6, 6.07) is 1.63. The molecule has 2 heterocycles. The predicted molar refractivity (Wildman–Crippen MR) is 105 cm³/mol. The van der Waals surface area contributed by atoms with E-state index in [-0.39, 0.29) is 23.6 Å². The van der Waals surface area contributed by atoms with E-state index in [9.17, 15) is 9.28 Å². The first-order valence-electron chi connectivity index (χ1n) is 8.32. The minimum Gasteiger partial charge on any atom is -0.462 e. The van der Waals surface area contributed by atoms with E-state index in [1.807, 2.05) is 0 Å². The highest BCUT2D eigenvalue weighted by molar-refractivity contribution is 9.10. The van der Waals surface area contributed by atoms with Crippen molar-refractivity contribution >= 4 is 61.8 Å². The minimum atomic E-state index is -0.269. The molecule has 0 unspecified atom stereocenters. The number of thiophene rings is 1. The lowest BCUT2D eigenvalue weighted by molar-refractivity contribution is -0.147. The Morgan fingerprint density at radius 3 is 2.92 bits per heavy atom. The van der Waals surface area contributed by atoms with Gasteiger partial charge in [-0.25, -0.2) is 5.01 Å². The van der Waals surface area contributed by atoms with Crippen LogP contribution in [0.15, 0.2) is 15.6 Å². The highest BCUT2D eigenvalue weighted by Gasteiger charge is 2.24. The third-order valence-electron chi connectivity index (χ3n) is 4.16. The zero-order valence-corrected chi connectivity index (χ0v) is 16.8. The molecule has 0 bridgehead atoms. The Kier molecular flexibility index (Phi) is 6.40. The molecule has 25 heavy (non-hydrogen) atoms. The van der Waals surface area contributed by atoms with E-state index >= 15 is 0 Å². The van der Waals surface area contributed by atoms with Crippen molar-refractivity contribution in [2.45, 2.75) is 51.0 Å². The van der Waals surface area contributed by atoms with Crippen LogP contribution in [0.2, 0.25) is 0 Å². The van der Waals surface area contributed by atoms with E-state index in [0.717, 1.165) is 43.4 Å². The van der Waals surface area contributed by atoms with Crippen LogP contribution in [-0.2, 0) is 16.0 Å². The molecule has 3 rings (SSSR count). The van der Waals surface area contributed by atoms with Crippen molar-refractivity contribution in [3.05, 3.63) is 15.4 Å². The van der Waals surface area contributed by atoms with E-state index < -0.39 is 0 Å². The van der Waals surface area contributed by atoms with Gasteiger partial charge in [0.25, 0.3) is 0 Å². The van der Waals surface area contributed by atoms with Crippen molar-refractivity contribution in [1.29, 1.82) is 0 Å². The zero-order valence-electron chi connectivity index (χ0n) is 13.6. The summed E-state index contributed by atoms with van der Waals surface area (Å²) in [6.07, 6.45) is 7.76. The lowest BCUT2D eigenvalue weighted by Crippen LogP contribution is -2.37. The normalized spacial score (nSPS) is 17.8. The monoisotopic (exact) mass is 447 g/mol. The number of rotatable bonds is 4. The Balaban J connectivity index is 1.62. The number of esters is 1. The molecule has 1 aromatic heterocycles. The fraction of sp³-hybridized carbons (Fsp3) is 0.562. The van der Waals surface area contributed by atoms with Crippen LogP contribution in [0.25, 0.3) is 0 Å². The van der Waals surface area contributed by atoms with E-state index in [4.69, 9.17) is 17.0 Å². The van der Waals surface area contributed by atoms with Gasteiger partial charge in [-0.2, -0.15) is 5.10 Å². The van der Waals surface area contributed by atoms with Crippen LogP contribution in [0.5, 0.6) is 0 Å². The molecular formula is C16H19BrFN3O2S2. The number of anilines is 1. The van der Waals surface area contributed by atoms with Crippen molar-refractivity contribution in [2.24, 2.45) is 5.10 Å². The summed E-state index contributed by atoms with van der Waals surface area (Å²) in [4.78, 5) is 12.8. The highest BCUT2D eigenvalue weighted by atomic mass is 79.9. The lowest BCUT2D eigenvalue weighted by Gasteiger charge is -2.24. The zero-order chi connectivity index (χ0) is 17.8. The van der Waals surface area contributed by atoms with Gasteiger partial charge in [-0.15, -0.1) is 16.5 Å².